The second-order valence-electron chi connectivity index (χ2n) is 9.43. The van der Waals surface area contributed by atoms with Gasteiger partial charge in [0.05, 0.1) is 0 Å². The van der Waals surface area contributed by atoms with Gasteiger partial charge in [0.2, 0.25) is 0 Å². The number of unbranched alkanes of at least 4 members (excludes halogenated alkanes) is 1. The summed E-state index contributed by atoms with van der Waals surface area (Å²) in [6, 6.07) is 7.61. The zero-order chi connectivity index (χ0) is 20.3. The van der Waals surface area contributed by atoms with Crippen molar-refractivity contribution in [2.75, 3.05) is 0 Å². The molecule has 0 aromatic heterocycles. The Morgan fingerprint density at radius 2 is 1.70 bits per heavy atom. The number of esters is 1. The molecular weight excluding hydrogens is 338 g/mol. The third kappa shape index (κ3) is 5.55. The topological polar surface area (TPSA) is 58.2 Å². The van der Waals surface area contributed by atoms with Crippen molar-refractivity contribution in [3.63, 3.8) is 0 Å². The van der Waals surface area contributed by atoms with Crippen LogP contribution in [-0.2, 0) is 21.2 Å². The minimum absolute atomic E-state index is 0.190. The van der Waals surface area contributed by atoms with Crippen LogP contribution >= 0.6 is 0 Å². The van der Waals surface area contributed by atoms with Gasteiger partial charge in [0.1, 0.15) is 18.1 Å². The van der Waals surface area contributed by atoms with Crippen LogP contribution in [0, 0.1) is 12.3 Å². The van der Waals surface area contributed by atoms with E-state index < -0.39 is 11.5 Å². The lowest BCUT2D eigenvalue weighted by atomic mass is 9.62. The monoisotopic (exact) mass is 373 g/mol. The van der Waals surface area contributed by atoms with E-state index in [1.54, 1.807) is 0 Å². The number of hydrogen-bond donors (Lipinski definition) is 1. The summed E-state index contributed by atoms with van der Waals surface area (Å²) in [5.74, 6) is -0.347. The lowest BCUT2D eigenvalue weighted by Crippen LogP contribution is -2.65. The second kappa shape index (κ2) is 8.32. The van der Waals surface area contributed by atoms with E-state index in [2.05, 4.69) is 46.9 Å². The first-order valence-electron chi connectivity index (χ1n) is 10.0. The zero-order valence-electron chi connectivity index (χ0n) is 17.6. The highest BCUT2D eigenvalue weighted by Crippen LogP contribution is 2.47. The molecule has 1 fully saturated rings. The Morgan fingerprint density at radius 1 is 1.15 bits per heavy atom. The minimum atomic E-state index is -1.00. The third-order valence-corrected chi connectivity index (χ3v) is 5.43. The van der Waals surface area contributed by atoms with Gasteiger partial charge >= 0.3 is 5.97 Å². The molecule has 1 atom stereocenters. The quantitative estimate of drug-likeness (QED) is 0.697. The molecule has 150 valence electrons. The number of carbonyl (C=O) groups excluding carboxylic acids is 1. The van der Waals surface area contributed by atoms with Gasteiger partial charge in [-0.2, -0.15) is 0 Å². The molecule has 1 unspecified atom stereocenters. The molecule has 1 aromatic carbocycles. The van der Waals surface area contributed by atoms with Crippen LogP contribution in [-0.4, -0.2) is 23.2 Å². The summed E-state index contributed by atoms with van der Waals surface area (Å²) in [7, 11) is 0. The average Bonchev–Trinajstić information content (AvgIpc) is 2.55. The first kappa shape index (κ1) is 21.9. The summed E-state index contributed by atoms with van der Waals surface area (Å²) < 4.78 is 5.71. The molecule has 1 N–H and O–H groups in total. The lowest BCUT2D eigenvalue weighted by molar-refractivity contribution is -0.180. The van der Waals surface area contributed by atoms with Crippen LogP contribution in [0.1, 0.15) is 77.8 Å². The molecule has 1 heterocycles. The third-order valence-electron chi connectivity index (χ3n) is 5.43. The van der Waals surface area contributed by atoms with Crippen LogP contribution in [0.5, 0.6) is 0 Å². The number of nitrogens with one attached hydrogen (secondary N) is 1. The average molecular weight is 374 g/mol. The van der Waals surface area contributed by atoms with E-state index in [0.717, 1.165) is 24.0 Å². The van der Waals surface area contributed by atoms with Crippen molar-refractivity contribution in [1.29, 1.82) is 0 Å². The van der Waals surface area contributed by atoms with E-state index in [4.69, 9.17) is 4.74 Å². The largest absolute Gasteiger partial charge is 0.460 e. The molecule has 0 aliphatic carbocycles. The van der Waals surface area contributed by atoms with Crippen LogP contribution in [0.2, 0.25) is 0 Å². The lowest BCUT2D eigenvalue weighted by Gasteiger charge is -2.52. The van der Waals surface area contributed by atoms with E-state index in [1.807, 2.05) is 24.3 Å². The van der Waals surface area contributed by atoms with Crippen LogP contribution < -0.4 is 5.32 Å². The summed E-state index contributed by atoms with van der Waals surface area (Å²) in [6.07, 6.45) is 2.34. The molecule has 4 nitrogen and oxygen atoms in total. The Morgan fingerprint density at radius 3 is 2.22 bits per heavy atom. The van der Waals surface area contributed by atoms with Crippen LogP contribution in [0.25, 0.3) is 0 Å². The summed E-state index contributed by atoms with van der Waals surface area (Å²) in [5.41, 5.74) is 0.229. The molecule has 4 heteroatoms. The number of carbonyl (C=O) groups is 1. The first-order chi connectivity index (χ1) is 12.5. The highest BCUT2D eigenvalue weighted by atomic mass is 16.5. The summed E-state index contributed by atoms with van der Waals surface area (Å²) in [5, 5.41) is 16.9. The van der Waals surface area contributed by atoms with E-state index >= 15 is 0 Å². The molecule has 0 spiro atoms. The maximum Gasteiger partial charge on any atom is 0.315 e. The van der Waals surface area contributed by atoms with Gasteiger partial charge < -0.3 is 10.1 Å². The number of hydrogen-bond acceptors (Lipinski definition) is 3. The Balaban J connectivity index is 2.25. The van der Waals surface area contributed by atoms with Gasteiger partial charge in [-0.25, -0.2) is 5.11 Å². The first-order valence-corrected chi connectivity index (χ1v) is 10.0. The Kier molecular flexibility index (Phi) is 6.75. The molecule has 0 bridgehead atoms. The smallest absolute Gasteiger partial charge is 0.315 e. The molecule has 0 amide bonds. The molecule has 27 heavy (non-hydrogen) atoms. The molecule has 2 rings (SSSR count). The molecular formula is C23H35NO3. The predicted octanol–water partition coefficient (Wildman–Crippen LogP) is 4.83. The predicted molar refractivity (Wildman–Crippen MR) is 108 cm³/mol. The number of benzene rings is 1. The Hall–Kier alpha value is -1.39. The number of ether oxygens (including phenoxy) is 1. The van der Waals surface area contributed by atoms with Crippen molar-refractivity contribution in [3.8, 4) is 0 Å². The molecule has 1 aromatic rings. The van der Waals surface area contributed by atoms with Gasteiger partial charge in [0.15, 0.2) is 0 Å². The van der Waals surface area contributed by atoms with Crippen molar-refractivity contribution in [3.05, 3.63) is 42.3 Å². The Bertz CT molecular complexity index is 618. The standard InChI is InChI=1S/C23H35NO3/c1-7-8-9-19(25)23(15-21(3,4)24-22(5,6)16-23)20(26)27-14-18-12-10-17(2)11-13-18/h10-13,19,24H,2,7-9,14-16H2,1,3-6H3. The van der Waals surface area contributed by atoms with Gasteiger partial charge in [-0.15, -0.1) is 0 Å². The normalized spacial score (nSPS) is 21.4. The Labute approximate surface area is 164 Å². The van der Waals surface area contributed by atoms with Crippen molar-refractivity contribution in [2.24, 2.45) is 5.41 Å². The number of piperidine rings is 1. The van der Waals surface area contributed by atoms with Crippen molar-refractivity contribution >= 4 is 5.97 Å². The maximum absolute atomic E-state index is 13.3. The molecule has 0 saturated carbocycles. The van der Waals surface area contributed by atoms with E-state index in [-0.39, 0.29) is 23.7 Å². The fraction of sp³-hybridized carbons (Fsp3) is 0.652. The van der Waals surface area contributed by atoms with Gasteiger partial charge in [-0.05, 0) is 65.0 Å². The van der Waals surface area contributed by atoms with Crippen LogP contribution in [0.4, 0.5) is 0 Å². The molecule has 2 radical (unpaired) electrons. The van der Waals surface area contributed by atoms with Gasteiger partial charge in [0.25, 0.3) is 0 Å². The second-order valence-corrected chi connectivity index (χ2v) is 9.43. The van der Waals surface area contributed by atoms with Gasteiger partial charge in [-0.1, -0.05) is 44.0 Å². The molecule has 1 saturated heterocycles. The molecule has 1 aliphatic heterocycles. The van der Waals surface area contributed by atoms with Gasteiger partial charge in [-0.3, -0.25) is 4.79 Å². The van der Waals surface area contributed by atoms with Crippen molar-refractivity contribution < 1.29 is 14.6 Å². The maximum atomic E-state index is 13.3. The van der Waals surface area contributed by atoms with Crippen LogP contribution in [0.15, 0.2) is 24.3 Å². The van der Waals surface area contributed by atoms with Crippen molar-refractivity contribution in [1.82, 2.24) is 5.32 Å². The van der Waals surface area contributed by atoms with E-state index in [9.17, 15) is 9.90 Å². The van der Waals surface area contributed by atoms with Crippen molar-refractivity contribution in [2.45, 2.75) is 90.5 Å². The zero-order valence-corrected chi connectivity index (χ0v) is 17.6. The summed E-state index contributed by atoms with van der Waals surface area (Å²) in [4.78, 5) is 13.3. The number of rotatable bonds is 7. The fourth-order valence-electron chi connectivity index (χ4n) is 4.74. The molecule has 1 aliphatic rings. The minimum Gasteiger partial charge on any atom is -0.460 e. The SMILES string of the molecule is [CH2]c1ccc(COC(=O)C2(C([O])CCCC)CC(C)(C)NC(C)(C)C2)cc1. The van der Waals surface area contributed by atoms with E-state index in [0.29, 0.717) is 19.3 Å². The van der Waals surface area contributed by atoms with E-state index in [1.165, 1.54) is 0 Å². The van der Waals surface area contributed by atoms with Crippen LogP contribution in [0.3, 0.4) is 0 Å². The highest BCUT2D eigenvalue weighted by Gasteiger charge is 2.56. The fourth-order valence-corrected chi connectivity index (χ4v) is 4.74. The summed E-state index contributed by atoms with van der Waals surface area (Å²) >= 11 is 0. The summed E-state index contributed by atoms with van der Waals surface area (Å²) in [6.45, 7) is 14.4. The van der Waals surface area contributed by atoms with Gasteiger partial charge in [0, 0.05) is 11.1 Å². The highest BCUT2D eigenvalue weighted by molar-refractivity contribution is 5.78.